The van der Waals surface area contributed by atoms with E-state index in [0.29, 0.717) is 0 Å². The molecule has 158 valence electrons. The minimum Gasteiger partial charge on any atom is -0.394 e. The number of aliphatic hydroxyl groups is 6. The fourth-order valence-corrected chi connectivity index (χ4v) is 3.14. The van der Waals surface area contributed by atoms with Crippen molar-refractivity contribution in [3.8, 4) is 0 Å². The van der Waals surface area contributed by atoms with Gasteiger partial charge in [-0.2, -0.15) is 0 Å². The van der Waals surface area contributed by atoms with Gasteiger partial charge >= 0.3 is 0 Å². The van der Waals surface area contributed by atoms with Gasteiger partial charge < -0.3 is 49.6 Å². The molecule has 0 aliphatic carbocycles. The minimum absolute atomic E-state index is 0.119. The van der Waals surface area contributed by atoms with Crippen molar-refractivity contribution in [1.82, 2.24) is 0 Å². The molecule has 2 heterocycles. The number of hydrogen-bond acceptors (Lipinski definition) is 10. The maximum absolute atomic E-state index is 10.1. The molecular weight excluding hydrogens is 376 g/mol. The van der Waals surface area contributed by atoms with Crippen molar-refractivity contribution in [3.63, 3.8) is 0 Å². The van der Waals surface area contributed by atoms with Gasteiger partial charge in [-0.05, 0) is 5.56 Å². The Hall–Kier alpha value is -1.18. The minimum atomic E-state index is -1.53. The van der Waals surface area contributed by atoms with Gasteiger partial charge in [-0.25, -0.2) is 0 Å². The highest BCUT2D eigenvalue weighted by atomic mass is 16.7. The fraction of sp³-hybridized carbons (Fsp3) is 0.667. The van der Waals surface area contributed by atoms with E-state index in [1.807, 2.05) is 30.3 Å². The highest BCUT2D eigenvalue weighted by Gasteiger charge is 2.47. The Balaban J connectivity index is 1.56. The average Bonchev–Trinajstić information content (AvgIpc) is 2.99. The van der Waals surface area contributed by atoms with Crippen LogP contribution in [0.2, 0.25) is 0 Å². The van der Waals surface area contributed by atoms with Crippen LogP contribution < -0.4 is 0 Å². The summed E-state index contributed by atoms with van der Waals surface area (Å²) in [6, 6.07) is 9.15. The average molecular weight is 402 g/mol. The van der Waals surface area contributed by atoms with E-state index < -0.39 is 61.9 Å². The molecule has 2 aliphatic heterocycles. The van der Waals surface area contributed by atoms with E-state index in [2.05, 4.69) is 0 Å². The Morgan fingerprint density at radius 2 is 1.29 bits per heavy atom. The molecule has 2 saturated heterocycles. The van der Waals surface area contributed by atoms with Gasteiger partial charge in [-0.1, -0.05) is 30.3 Å². The predicted octanol–water partition coefficient (Wildman–Crippen LogP) is -2.53. The lowest BCUT2D eigenvalue weighted by molar-refractivity contribution is -0.312. The summed E-state index contributed by atoms with van der Waals surface area (Å²) in [4.78, 5) is 0. The molecular formula is C18H26O10. The summed E-state index contributed by atoms with van der Waals surface area (Å²) in [6.45, 7) is -0.697. The fourth-order valence-electron chi connectivity index (χ4n) is 3.14. The van der Waals surface area contributed by atoms with Crippen molar-refractivity contribution >= 4 is 0 Å². The Morgan fingerprint density at radius 1 is 0.714 bits per heavy atom. The third-order valence-electron chi connectivity index (χ3n) is 4.85. The van der Waals surface area contributed by atoms with Gasteiger partial charge in [0.15, 0.2) is 12.6 Å². The third-order valence-corrected chi connectivity index (χ3v) is 4.85. The molecule has 3 rings (SSSR count). The van der Waals surface area contributed by atoms with E-state index in [4.69, 9.17) is 24.1 Å². The molecule has 2 aliphatic rings. The van der Waals surface area contributed by atoms with Crippen molar-refractivity contribution in [3.05, 3.63) is 35.9 Å². The number of benzene rings is 1. The van der Waals surface area contributed by atoms with Crippen molar-refractivity contribution in [2.75, 3.05) is 13.2 Å². The quantitative estimate of drug-likeness (QED) is 0.287. The summed E-state index contributed by atoms with van der Waals surface area (Å²) in [6.07, 6.45) is -11.7. The van der Waals surface area contributed by atoms with Crippen LogP contribution in [0.4, 0.5) is 0 Å². The Labute approximate surface area is 161 Å². The van der Waals surface area contributed by atoms with Gasteiger partial charge in [-0.3, -0.25) is 0 Å². The van der Waals surface area contributed by atoms with Gasteiger partial charge in [0.05, 0.1) is 19.8 Å². The van der Waals surface area contributed by atoms with Gasteiger partial charge in [0, 0.05) is 0 Å². The molecule has 9 unspecified atom stereocenters. The molecule has 0 spiro atoms. The van der Waals surface area contributed by atoms with E-state index in [9.17, 15) is 25.5 Å². The SMILES string of the molecule is OCC1OC(OCC2OC(OCc3ccccc3)C(O)C(O)C2O)C(O)C1O. The molecule has 10 nitrogen and oxygen atoms in total. The van der Waals surface area contributed by atoms with E-state index in [1.54, 1.807) is 0 Å². The highest BCUT2D eigenvalue weighted by molar-refractivity contribution is 5.13. The summed E-state index contributed by atoms with van der Waals surface area (Å²) in [7, 11) is 0. The predicted molar refractivity (Wildman–Crippen MR) is 91.6 cm³/mol. The zero-order valence-corrected chi connectivity index (χ0v) is 15.0. The second-order valence-electron chi connectivity index (χ2n) is 6.85. The second-order valence-corrected chi connectivity index (χ2v) is 6.85. The highest BCUT2D eigenvalue weighted by Crippen LogP contribution is 2.26. The molecule has 28 heavy (non-hydrogen) atoms. The molecule has 1 aromatic carbocycles. The summed E-state index contributed by atoms with van der Waals surface area (Å²) in [5, 5.41) is 59.0. The third kappa shape index (κ3) is 4.69. The van der Waals surface area contributed by atoms with Crippen LogP contribution in [0.3, 0.4) is 0 Å². The van der Waals surface area contributed by atoms with Gasteiger partial charge in [0.25, 0.3) is 0 Å². The first-order chi connectivity index (χ1) is 13.4. The lowest BCUT2D eigenvalue weighted by Crippen LogP contribution is -2.59. The normalized spacial score (nSPS) is 41.3. The second kappa shape index (κ2) is 9.55. The van der Waals surface area contributed by atoms with Crippen LogP contribution in [0.15, 0.2) is 30.3 Å². The zero-order valence-electron chi connectivity index (χ0n) is 15.0. The zero-order chi connectivity index (χ0) is 20.3. The van der Waals surface area contributed by atoms with Crippen LogP contribution in [-0.4, -0.2) is 99.2 Å². The number of ether oxygens (including phenoxy) is 4. The van der Waals surface area contributed by atoms with Gasteiger partial charge in [0.2, 0.25) is 0 Å². The molecule has 2 fully saturated rings. The molecule has 0 amide bonds. The Morgan fingerprint density at radius 3 is 1.93 bits per heavy atom. The topological polar surface area (TPSA) is 158 Å². The number of hydrogen-bond donors (Lipinski definition) is 6. The molecule has 0 radical (unpaired) electrons. The standard InChI is InChI=1S/C18H26O10/c19-6-10-12(20)15(23)17(27-10)26-8-11-13(21)14(22)16(24)18(28-11)25-7-9-4-2-1-3-5-9/h1-5,10-24H,6-8H2. The van der Waals surface area contributed by atoms with E-state index in [0.717, 1.165) is 5.56 Å². The van der Waals surface area contributed by atoms with Crippen LogP contribution in [0.1, 0.15) is 5.56 Å². The Kier molecular flexibility index (Phi) is 7.34. The van der Waals surface area contributed by atoms with Crippen LogP contribution in [0.25, 0.3) is 0 Å². The molecule has 0 saturated carbocycles. The first-order valence-electron chi connectivity index (χ1n) is 9.01. The maximum atomic E-state index is 10.1. The van der Waals surface area contributed by atoms with Crippen LogP contribution >= 0.6 is 0 Å². The van der Waals surface area contributed by atoms with Crippen molar-refractivity contribution in [2.45, 2.75) is 61.9 Å². The van der Waals surface area contributed by atoms with Gasteiger partial charge in [-0.15, -0.1) is 0 Å². The first kappa shape index (κ1) is 21.5. The molecule has 0 bridgehead atoms. The molecule has 1 aromatic rings. The molecule has 0 aromatic heterocycles. The van der Waals surface area contributed by atoms with E-state index in [-0.39, 0.29) is 13.2 Å². The molecule has 10 heteroatoms. The number of aliphatic hydroxyl groups excluding tert-OH is 6. The summed E-state index contributed by atoms with van der Waals surface area (Å²) < 4.78 is 21.6. The maximum Gasteiger partial charge on any atom is 0.187 e. The van der Waals surface area contributed by atoms with Crippen LogP contribution in [-0.2, 0) is 25.6 Å². The van der Waals surface area contributed by atoms with Crippen LogP contribution in [0.5, 0.6) is 0 Å². The number of rotatable bonds is 7. The largest absolute Gasteiger partial charge is 0.394 e. The van der Waals surface area contributed by atoms with Crippen molar-refractivity contribution in [1.29, 1.82) is 0 Å². The monoisotopic (exact) mass is 402 g/mol. The first-order valence-corrected chi connectivity index (χ1v) is 9.01. The van der Waals surface area contributed by atoms with Gasteiger partial charge in [0.1, 0.15) is 42.7 Å². The van der Waals surface area contributed by atoms with E-state index in [1.165, 1.54) is 0 Å². The van der Waals surface area contributed by atoms with Crippen molar-refractivity contribution in [2.24, 2.45) is 0 Å². The Bertz CT molecular complexity index is 601. The van der Waals surface area contributed by atoms with E-state index >= 15 is 0 Å². The molecule has 6 N–H and O–H groups in total. The summed E-state index contributed by atoms with van der Waals surface area (Å²) in [5.74, 6) is 0. The smallest absolute Gasteiger partial charge is 0.187 e. The lowest BCUT2D eigenvalue weighted by Gasteiger charge is -2.40. The lowest BCUT2D eigenvalue weighted by atomic mass is 9.99. The van der Waals surface area contributed by atoms with Crippen molar-refractivity contribution < 1.29 is 49.6 Å². The van der Waals surface area contributed by atoms with Crippen LogP contribution in [0, 0.1) is 0 Å². The molecule has 9 atom stereocenters. The summed E-state index contributed by atoms with van der Waals surface area (Å²) in [5.41, 5.74) is 0.832. The summed E-state index contributed by atoms with van der Waals surface area (Å²) >= 11 is 0.